The van der Waals surface area contributed by atoms with Gasteiger partial charge in [0.15, 0.2) is 5.69 Å². The first-order valence-electron chi connectivity index (χ1n) is 7.19. The Morgan fingerprint density at radius 2 is 2.14 bits per heavy atom. The van der Waals surface area contributed by atoms with Gasteiger partial charge in [-0.15, -0.1) is 0 Å². The van der Waals surface area contributed by atoms with Crippen LogP contribution in [-0.2, 0) is 11.3 Å². The predicted octanol–water partition coefficient (Wildman–Crippen LogP) is 1.95. The van der Waals surface area contributed by atoms with E-state index >= 15 is 0 Å². The van der Waals surface area contributed by atoms with Crippen molar-refractivity contribution < 1.29 is 14.3 Å². The third-order valence-corrected chi connectivity index (χ3v) is 3.27. The third-order valence-electron chi connectivity index (χ3n) is 3.27. The smallest absolute Gasteiger partial charge is 0.271 e. The number of hydrogen-bond acceptors (Lipinski definition) is 4. The van der Waals surface area contributed by atoms with Crippen LogP contribution in [0, 0.1) is 0 Å². The number of hydrogen-bond donors (Lipinski definition) is 1. The third kappa shape index (κ3) is 3.65. The summed E-state index contributed by atoms with van der Waals surface area (Å²) in [5.41, 5.74) is 2.25. The molecule has 2 rings (SSSR count). The summed E-state index contributed by atoms with van der Waals surface area (Å²) in [6.45, 7) is 3.60. The summed E-state index contributed by atoms with van der Waals surface area (Å²) in [6, 6.07) is 9.49. The number of rotatable bonds is 7. The Morgan fingerprint density at radius 1 is 1.32 bits per heavy atom. The average molecular weight is 303 g/mol. The summed E-state index contributed by atoms with van der Waals surface area (Å²) in [5, 5.41) is 7.14. The highest BCUT2D eigenvalue weighted by atomic mass is 16.5. The number of carbonyl (C=O) groups excluding carboxylic acids is 1. The van der Waals surface area contributed by atoms with Gasteiger partial charge in [-0.3, -0.25) is 9.48 Å². The van der Waals surface area contributed by atoms with Gasteiger partial charge in [-0.1, -0.05) is 12.1 Å². The van der Waals surface area contributed by atoms with Gasteiger partial charge in [0, 0.05) is 25.8 Å². The standard InChI is InChI=1S/C16H21N3O3/c1-4-19-15(12-6-5-7-13(10-12)22-3)11-14(18-19)16(20)17-8-9-21-2/h5-7,10-11H,4,8-9H2,1-3H3,(H,17,20). The number of benzene rings is 1. The Morgan fingerprint density at radius 3 is 2.82 bits per heavy atom. The second-order valence-electron chi connectivity index (χ2n) is 4.71. The molecule has 0 atom stereocenters. The van der Waals surface area contributed by atoms with Crippen molar-refractivity contribution in [3.63, 3.8) is 0 Å². The highest BCUT2D eigenvalue weighted by Crippen LogP contribution is 2.24. The molecule has 0 saturated heterocycles. The van der Waals surface area contributed by atoms with Crippen molar-refractivity contribution in [2.75, 3.05) is 27.4 Å². The molecule has 0 aliphatic heterocycles. The Labute approximate surface area is 130 Å². The van der Waals surface area contributed by atoms with E-state index in [4.69, 9.17) is 9.47 Å². The van der Waals surface area contributed by atoms with E-state index in [9.17, 15) is 4.79 Å². The van der Waals surface area contributed by atoms with Gasteiger partial charge in [0.05, 0.1) is 19.4 Å². The molecule has 0 radical (unpaired) electrons. The molecule has 0 aliphatic carbocycles. The van der Waals surface area contributed by atoms with Crippen LogP contribution < -0.4 is 10.1 Å². The van der Waals surface area contributed by atoms with Crippen LogP contribution in [0.15, 0.2) is 30.3 Å². The molecule has 0 bridgehead atoms. The van der Waals surface area contributed by atoms with E-state index in [1.165, 1.54) is 0 Å². The maximum atomic E-state index is 12.1. The zero-order valence-corrected chi connectivity index (χ0v) is 13.1. The van der Waals surface area contributed by atoms with Gasteiger partial charge >= 0.3 is 0 Å². The molecular formula is C16H21N3O3. The quantitative estimate of drug-likeness (QED) is 0.794. The summed E-state index contributed by atoms with van der Waals surface area (Å²) in [7, 11) is 3.23. The van der Waals surface area contributed by atoms with Gasteiger partial charge in [0.2, 0.25) is 0 Å². The lowest BCUT2D eigenvalue weighted by molar-refractivity contribution is 0.0931. The molecule has 22 heavy (non-hydrogen) atoms. The summed E-state index contributed by atoms with van der Waals surface area (Å²) in [6.07, 6.45) is 0. The molecule has 1 heterocycles. The fraction of sp³-hybridized carbons (Fsp3) is 0.375. The lowest BCUT2D eigenvalue weighted by Gasteiger charge is -2.06. The number of amides is 1. The molecule has 0 fully saturated rings. The maximum absolute atomic E-state index is 12.1. The minimum absolute atomic E-state index is 0.201. The van der Waals surface area contributed by atoms with Gasteiger partial charge in [0.25, 0.3) is 5.91 Å². The SMILES string of the molecule is CCn1nc(C(=O)NCCOC)cc1-c1cccc(OC)c1. The number of nitrogens with one attached hydrogen (secondary N) is 1. The molecule has 0 saturated carbocycles. The molecular weight excluding hydrogens is 282 g/mol. The fourth-order valence-electron chi connectivity index (χ4n) is 2.14. The van der Waals surface area contributed by atoms with Gasteiger partial charge in [-0.05, 0) is 25.1 Å². The van der Waals surface area contributed by atoms with Crippen molar-refractivity contribution in [2.45, 2.75) is 13.5 Å². The first-order chi connectivity index (χ1) is 10.7. The number of ether oxygens (including phenoxy) is 2. The molecule has 2 aromatic rings. The van der Waals surface area contributed by atoms with Gasteiger partial charge in [-0.2, -0.15) is 5.10 Å². The molecule has 0 unspecified atom stereocenters. The monoisotopic (exact) mass is 303 g/mol. The van der Waals surface area contributed by atoms with E-state index in [0.29, 0.717) is 25.4 Å². The van der Waals surface area contributed by atoms with E-state index in [0.717, 1.165) is 17.0 Å². The minimum Gasteiger partial charge on any atom is -0.497 e. The van der Waals surface area contributed by atoms with E-state index < -0.39 is 0 Å². The minimum atomic E-state index is -0.201. The lowest BCUT2D eigenvalue weighted by Crippen LogP contribution is -2.27. The summed E-state index contributed by atoms with van der Waals surface area (Å²) < 4.78 is 12.0. The van der Waals surface area contributed by atoms with E-state index in [2.05, 4.69) is 10.4 Å². The second-order valence-corrected chi connectivity index (χ2v) is 4.71. The highest BCUT2D eigenvalue weighted by Gasteiger charge is 2.15. The molecule has 0 aliphatic rings. The van der Waals surface area contributed by atoms with Crippen LogP contribution >= 0.6 is 0 Å². The molecule has 1 aromatic heterocycles. The number of methoxy groups -OCH3 is 2. The Bertz CT molecular complexity index is 637. The van der Waals surface area contributed by atoms with Crippen LogP contribution in [0.3, 0.4) is 0 Å². The number of aromatic nitrogens is 2. The number of nitrogens with zero attached hydrogens (tertiary/aromatic N) is 2. The summed E-state index contributed by atoms with van der Waals surface area (Å²) in [4.78, 5) is 12.1. The zero-order chi connectivity index (χ0) is 15.9. The average Bonchev–Trinajstić information content (AvgIpc) is 2.99. The summed E-state index contributed by atoms with van der Waals surface area (Å²) >= 11 is 0. The molecule has 118 valence electrons. The number of carbonyl (C=O) groups is 1. The van der Waals surface area contributed by atoms with Crippen molar-refractivity contribution in [2.24, 2.45) is 0 Å². The van der Waals surface area contributed by atoms with Crippen LogP contribution in [0.4, 0.5) is 0 Å². The topological polar surface area (TPSA) is 65.4 Å². The van der Waals surface area contributed by atoms with Crippen molar-refractivity contribution in [3.05, 3.63) is 36.0 Å². The Balaban J connectivity index is 2.26. The molecule has 1 amide bonds. The lowest BCUT2D eigenvalue weighted by atomic mass is 10.1. The van der Waals surface area contributed by atoms with E-state index in [1.54, 1.807) is 25.0 Å². The van der Waals surface area contributed by atoms with Crippen molar-refractivity contribution in [3.8, 4) is 17.0 Å². The first-order valence-corrected chi connectivity index (χ1v) is 7.19. The maximum Gasteiger partial charge on any atom is 0.271 e. The van der Waals surface area contributed by atoms with Crippen molar-refractivity contribution in [1.82, 2.24) is 15.1 Å². The first kappa shape index (κ1) is 16.0. The van der Waals surface area contributed by atoms with Crippen LogP contribution in [-0.4, -0.2) is 43.1 Å². The Hall–Kier alpha value is -2.34. The van der Waals surface area contributed by atoms with E-state index in [-0.39, 0.29) is 5.91 Å². The zero-order valence-electron chi connectivity index (χ0n) is 13.1. The highest BCUT2D eigenvalue weighted by molar-refractivity contribution is 5.93. The second kappa shape index (κ2) is 7.61. The van der Waals surface area contributed by atoms with Crippen molar-refractivity contribution in [1.29, 1.82) is 0 Å². The predicted molar refractivity (Wildman–Crippen MR) is 84.1 cm³/mol. The van der Waals surface area contributed by atoms with Crippen LogP contribution in [0.25, 0.3) is 11.3 Å². The van der Waals surface area contributed by atoms with E-state index in [1.807, 2.05) is 31.2 Å². The van der Waals surface area contributed by atoms with Crippen LogP contribution in [0.1, 0.15) is 17.4 Å². The van der Waals surface area contributed by atoms with Gasteiger partial charge in [-0.25, -0.2) is 0 Å². The van der Waals surface area contributed by atoms with Crippen molar-refractivity contribution >= 4 is 5.91 Å². The molecule has 1 N–H and O–H groups in total. The molecule has 1 aromatic carbocycles. The largest absolute Gasteiger partial charge is 0.497 e. The fourth-order valence-corrected chi connectivity index (χ4v) is 2.14. The van der Waals surface area contributed by atoms with Crippen LogP contribution in [0.2, 0.25) is 0 Å². The molecule has 6 heteroatoms. The van der Waals surface area contributed by atoms with Crippen LogP contribution in [0.5, 0.6) is 5.75 Å². The number of aryl methyl sites for hydroxylation is 1. The molecule has 6 nitrogen and oxygen atoms in total. The summed E-state index contributed by atoms with van der Waals surface area (Å²) in [5.74, 6) is 0.570. The molecule has 0 spiro atoms. The normalized spacial score (nSPS) is 10.5. The Kier molecular flexibility index (Phi) is 5.55. The van der Waals surface area contributed by atoms with Gasteiger partial charge in [0.1, 0.15) is 5.75 Å². The van der Waals surface area contributed by atoms with Gasteiger partial charge < -0.3 is 14.8 Å².